The van der Waals surface area contributed by atoms with Gasteiger partial charge in [0.15, 0.2) is 0 Å². The van der Waals surface area contributed by atoms with Gasteiger partial charge in [-0.3, -0.25) is 0 Å². The monoisotopic (exact) mass is 406 g/mol. The van der Waals surface area contributed by atoms with Crippen molar-refractivity contribution in [2.75, 3.05) is 5.33 Å². The van der Waals surface area contributed by atoms with Gasteiger partial charge in [-0.2, -0.15) is 0 Å². The second-order valence-electron chi connectivity index (χ2n) is 9.14. The minimum atomic E-state index is 0.925. The van der Waals surface area contributed by atoms with E-state index in [2.05, 4.69) is 47.2 Å². The van der Waals surface area contributed by atoms with Gasteiger partial charge in [-0.15, -0.1) is 0 Å². The lowest BCUT2D eigenvalue weighted by Crippen LogP contribution is -2.07. The van der Waals surface area contributed by atoms with Crippen LogP contribution in [0.5, 0.6) is 0 Å². The van der Waals surface area contributed by atoms with Gasteiger partial charge in [-0.05, 0) is 67.6 Å². The summed E-state index contributed by atoms with van der Waals surface area (Å²) in [6.07, 6.45) is 27.4. The zero-order chi connectivity index (χ0) is 17.5. The molecular formula is C24H39Br. The van der Waals surface area contributed by atoms with Crippen LogP contribution in [0.15, 0.2) is 24.3 Å². The molecule has 0 saturated heterocycles. The summed E-state index contributed by atoms with van der Waals surface area (Å²) in [4.78, 5) is 0. The largest absolute Gasteiger partial charge is 0.0925 e. The number of fused-ring (bicyclic) bond motifs is 4. The van der Waals surface area contributed by atoms with Gasteiger partial charge in [0.1, 0.15) is 0 Å². The third-order valence-corrected chi connectivity index (χ3v) is 8.04. The smallest absolute Gasteiger partial charge is 0.00655 e. The molecule has 0 spiro atoms. The van der Waals surface area contributed by atoms with Crippen LogP contribution in [-0.4, -0.2) is 5.33 Å². The molecule has 2 saturated carbocycles. The van der Waals surface area contributed by atoms with Crippen LogP contribution in [-0.2, 0) is 0 Å². The lowest BCUT2D eigenvalue weighted by atomic mass is 9.88. The molecule has 0 aliphatic heterocycles. The van der Waals surface area contributed by atoms with Crippen molar-refractivity contribution < 1.29 is 0 Å². The average molecular weight is 407 g/mol. The molecule has 4 bridgehead atoms. The number of unbranched alkanes of at least 4 members (excludes halogenated alkanes) is 6. The number of hydrogen-bond donors (Lipinski definition) is 0. The Morgan fingerprint density at radius 3 is 1.68 bits per heavy atom. The topological polar surface area (TPSA) is 0 Å². The van der Waals surface area contributed by atoms with Crippen molar-refractivity contribution in [3.05, 3.63) is 24.3 Å². The Balaban J connectivity index is 0.000000170. The maximum atomic E-state index is 3.54. The Bertz CT molecular complexity index is 437. The molecule has 1 heteroatoms. The molecule has 6 atom stereocenters. The number of alkyl halides is 1. The molecule has 142 valence electrons. The van der Waals surface area contributed by atoms with Gasteiger partial charge in [0.2, 0.25) is 0 Å². The summed E-state index contributed by atoms with van der Waals surface area (Å²) in [6, 6.07) is 0. The quantitative estimate of drug-likeness (QED) is 0.207. The molecule has 0 heterocycles. The molecule has 4 aliphatic carbocycles. The highest BCUT2D eigenvalue weighted by atomic mass is 79.9. The first-order valence-electron chi connectivity index (χ1n) is 11.2. The molecule has 0 aromatic heterocycles. The van der Waals surface area contributed by atoms with E-state index in [0.717, 1.165) is 35.5 Å². The number of halogens is 1. The molecule has 4 rings (SSSR count). The first-order valence-corrected chi connectivity index (χ1v) is 12.3. The second-order valence-corrected chi connectivity index (χ2v) is 9.79. The zero-order valence-corrected chi connectivity index (χ0v) is 17.9. The Hall–Kier alpha value is -0.0400. The first kappa shape index (κ1) is 19.7. The van der Waals surface area contributed by atoms with Crippen molar-refractivity contribution in [3.63, 3.8) is 0 Å². The van der Waals surface area contributed by atoms with Crippen LogP contribution in [0.3, 0.4) is 0 Å². The molecule has 0 aromatic rings. The molecule has 0 radical (unpaired) electrons. The van der Waals surface area contributed by atoms with E-state index in [4.69, 9.17) is 0 Å². The van der Waals surface area contributed by atoms with Gasteiger partial charge in [-0.1, -0.05) is 92.1 Å². The molecule has 0 aromatic carbocycles. The molecule has 25 heavy (non-hydrogen) atoms. The van der Waals surface area contributed by atoms with Crippen molar-refractivity contribution >= 4 is 15.9 Å². The van der Waals surface area contributed by atoms with Gasteiger partial charge in [0.25, 0.3) is 0 Å². The second kappa shape index (κ2) is 10.3. The summed E-state index contributed by atoms with van der Waals surface area (Å²) >= 11 is 3.54. The van der Waals surface area contributed by atoms with E-state index >= 15 is 0 Å². The van der Waals surface area contributed by atoms with Crippen LogP contribution in [0, 0.1) is 35.5 Å². The molecule has 0 nitrogen and oxygen atoms in total. The van der Waals surface area contributed by atoms with Gasteiger partial charge in [0, 0.05) is 5.33 Å². The highest BCUT2D eigenvalue weighted by Gasteiger charge is 2.35. The summed E-state index contributed by atoms with van der Waals surface area (Å²) < 4.78 is 0. The van der Waals surface area contributed by atoms with E-state index < -0.39 is 0 Å². The van der Waals surface area contributed by atoms with E-state index in [1.165, 1.54) is 82.4 Å². The van der Waals surface area contributed by atoms with Crippen LogP contribution in [0.4, 0.5) is 0 Å². The fourth-order valence-electron chi connectivity index (χ4n) is 5.66. The predicted molar refractivity (Wildman–Crippen MR) is 114 cm³/mol. The molecule has 0 amide bonds. The van der Waals surface area contributed by atoms with Crippen molar-refractivity contribution in [1.29, 1.82) is 0 Å². The number of hydrogen-bond acceptors (Lipinski definition) is 0. The lowest BCUT2D eigenvalue weighted by molar-refractivity contribution is 0.393. The minimum absolute atomic E-state index is 0.925. The molecule has 2 fully saturated rings. The maximum Gasteiger partial charge on any atom is 0.00655 e. The van der Waals surface area contributed by atoms with E-state index in [1.54, 1.807) is 0 Å². The molecular weight excluding hydrogens is 368 g/mol. The fraction of sp³-hybridized carbons (Fsp3) is 0.833. The Labute approximate surface area is 165 Å². The summed E-state index contributed by atoms with van der Waals surface area (Å²) in [7, 11) is 0. The van der Waals surface area contributed by atoms with Gasteiger partial charge in [-0.25, -0.2) is 0 Å². The Morgan fingerprint density at radius 1 is 0.680 bits per heavy atom. The standard InChI is InChI=1S/C16H28.C8H11Br/c1-2-3-4-5-6-7-8-9-15-12-14-10-11-16(15)13-14;9-5-8-4-6-1-2-7(8)3-6/h10-11,14-16H,2-9,12-13H2,1H3;1-2,6-8H,3-5H2. The van der Waals surface area contributed by atoms with Crippen LogP contribution in [0.25, 0.3) is 0 Å². The maximum absolute atomic E-state index is 3.54. The summed E-state index contributed by atoms with van der Waals surface area (Å²) in [5.74, 6) is 5.84. The molecule has 0 N–H and O–H groups in total. The minimum Gasteiger partial charge on any atom is -0.0925 e. The summed E-state index contributed by atoms with van der Waals surface area (Å²) in [6.45, 7) is 2.29. The molecule has 6 unspecified atom stereocenters. The van der Waals surface area contributed by atoms with E-state index in [0.29, 0.717) is 0 Å². The third-order valence-electron chi connectivity index (χ3n) is 7.21. The molecule has 4 aliphatic rings. The van der Waals surface area contributed by atoms with E-state index in [-0.39, 0.29) is 0 Å². The van der Waals surface area contributed by atoms with Gasteiger partial charge in [0.05, 0.1) is 0 Å². The van der Waals surface area contributed by atoms with Crippen LogP contribution < -0.4 is 0 Å². The summed E-state index contributed by atoms with van der Waals surface area (Å²) in [5.41, 5.74) is 0. The predicted octanol–water partition coefficient (Wildman–Crippen LogP) is 7.93. The highest BCUT2D eigenvalue weighted by molar-refractivity contribution is 9.09. The van der Waals surface area contributed by atoms with Crippen LogP contribution in [0.1, 0.15) is 84.0 Å². The van der Waals surface area contributed by atoms with Crippen molar-refractivity contribution in [2.24, 2.45) is 35.5 Å². The highest BCUT2D eigenvalue weighted by Crippen LogP contribution is 2.45. The van der Waals surface area contributed by atoms with E-state index in [9.17, 15) is 0 Å². The number of allylic oxidation sites excluding steroid dienone is 4. The van der Waals surface area contributed by atoms with E-state index in [1.807, 2.05) is 0 Å². The number of rotatable bonds is 9. The normalized spacial score (nSPS) is 36.9. The zero-order valence-electron chi connectivity index (χ0n) is 16.3. The van der Waals surface area contributed by atoms with Crippen molar-refractivity contribution in [3.8, 4) is 0 Å². The van der Waals surface area contributed by atoms with Gasteiger partial charge >= 0.3 is 0 Å². The first-order chi connectivity index (χ1) is 12.3. The van der Waals surface area contributed by atoms with Crippen molar-refractivity contribution in [2.45, 2.75) is 84.0 Å². The summed E-state index contributed by atoms with van der Waals surface area (Å²) in [5, 5.41) is 1.21. The van der Waals surface area contributed by atoms with Crippen LogP contribution >= 0.6 is 15.9 Å². The van der Waals surface area contributed by atoms with Gasteiger partial charge < -0.3 is 0 Å². The Kier molecular flexibility index (Phi) is 8.15. The van der Waals surface area contributed by atoms with Crippen molar-refractivity contribution in [1.82, 2.24) is 0 Å². The SMILES string of the molecule is BrCC1CC2C=CC1C2.CCCCCCCCCC1CC2C=CC1C2. The average Bonchev–Trinajstić information content (AvgIpc) is 3.42. The Morgan fingerprint density at radius 2 is 1.24 bits per heavy atom. The lowest BCUT2D eigenvalue weighted by Gasteiger charge is -2.17. The third kappa shape index (κ3) is 5.72. The van der Waals surface area contributed by atoms with Crippen LogP contribution in [0.2, 0.25) is 0 Å². The fourth-order valence-corrected chi connectivity index (χ4v) is 6.41.